The first kappa shape index (κ1) is 19.9. The lowest BCUT2D eigenvalue weighted by atomic mass is 10.1. The lowest BCUT2D eigenvalue weighted by Gasteiger charge is -2.17. The highest BCUT2D eigenvalue weighted by molar-refractivity contribution is 5.78. The van der Waals surface area contributed by atoms with Gasteiger partial charge in [-0.15, -0.1) is 0 Å². The normalized spacial score (nSPS) is 12.1. The van der Waals surface area contributed by atoms with Crippen LogP contribution in [0.1, 0.15) is 29.9 Å². The van der Waals surface area contributed by atoms with E-state index in [-0.39, 0.29) is 18.6 Å². The quantitative estimate of drug-likeness (QED) is 0.648. The molecule has 0 aliphatic rings. The molecule has 1 amide bonds. The van der Waals surface area contributed by atoms with Crippen molar-refractivity contribution in [1.82, 2.24) is 14.9 Å². The zero-order valence-corrected chi connectivity index (χ0v) is 16.9. The van der Waals surface area contributed by atoms with Crippen molar-refractivity contribution in [3.8, 4) is 5.75 Å². The zero-order chi connectivity index (χ0) is 20.1. The van der Waals surface area contributed by atoms with Gasteiger partial charge in [0, 0.05) is 7.11 Å². The highest BCUT2D eigenvalue weighted by atomic mass is 16.5. The number of benzene rings is 2. The van der Waals surface area contributed by atoms with Crippen molar-refractivity contribution in [2.24, 2.45) is 0 Å². The van der Waals surface area contributed by atoms with Gasteiger partial charge in [-0.05, 0) is 50.1 Å². The van der Waals surface area contributed by atoms with Crippen LogP contribution < -0.4 is 10.1 Å². The van der Waals surface area contributed by atoms with Gasteiger partial charge in [-0.2, -0.15) is 0 Å². The SMILES string of the molecule is COCC(=O)NC(C)c1nc2ccccc2n1CCOc1cc(C)ccc1C. The van der Waals surface area contributed by atoms with Gasteiger partial charge in [-0.1, -0.05) is 24.3 Å². The average molecular weight is 381 g/mol. The molecule has 1 N–H and O–H groups in total. The maximum absolute atomic E-state index is 11.9. The number of nitrogens with one attached hydrogen (secondary N) is 1. The van der Waals surface area contributed by atoms with Crippen LogP contribution in [0, 0.1) is 13.8 Å². The molecular weight excluding hydrogens is 354 g/mol. The molecule has 1 heterocycles. The predicted octanol–water partition coefficient (Wildman–Crippen LogP) is 3.56. The minimum absolute atomic E-state index is 0.0281. The molecule has 0 aliphatic heterocycles. The van der Waals surface area contributed by atoms with Crippen LogP contribution in [-0.2, 0) is 16.1 Å². The summed E-state index contributed by atoms with van der Waals surface area (Å²) in [5.41, 5.74) is 4.21. The van der Waals surface area contributed by atoms with Gasteiger partial charge in [0.05, 0.1) is 23.6 Å². The third kappa shape index (κ3) is 4.51. The van der Waals surface area contributed by atoms with Crippen LogP contribution in [0.25, 0.3) is 11.0 Å². The van der Waals surface area contributed by atoms with Gasteiger partial charge in [-0.3, -0.25) is 4.79 Å². The fourth-order valence-electron chi connectivity index (χ4n) is 3.25. The van der Waals surface area contributed by atoms with Crippen molar-refractivity contribution in [3.63, 3.8) is 0 Å². The molecule has 6 nitrogen and oxygen atoms in total. The van der Waals surface area contributed by atoms with Crippen LogP contribution in [0.3, 0.4) is 0 Å². The molecule has 0 aliphatic carbocycles. The van der Waals surface area contributed by atoms with Gasteiger partial charge in [-0.25, -0.2) is 4.98 Å². The van der Waals surface area contributed by atoms with Gasteiger partial charge < -0.3 is 19.4 Å². The number of fused-ring (bicyclic) bond motifs is 1. The molecule has 0 fully saturated rings. The van der Waals surface area contributed by atoms with Crippen LogP contribution in [0.15, 0.2) is 42.5 Å². The second-order valence-corrected chi connectivity index (χ2v) is 6.95. The van der Waals surface area contributed by atoms with E-state index in [9.17, 15) is 4.79 Å². The number of amides is 1. The number of hydrogen-bond acceptors (Lipinski definition) is 4. The van der Waals surface area contributed by atoms with Gasteiger partial charge in [0.15, 0.2) is 0 Å². The van der Waals surface area contributed by atoms with Crippen molar-refractivity contribution >= 4 is 16.9 Å². The van der Waals surface area contributed by atoms with Crippen LogP contribution in [0.5, 0.6) is 5.75 Å². The third-order valence-electron chi connectivity index (χ3n) is 4.64. The van der Waals surface area contributed by atoms with Crippen LogP contribution in [0.2, 0.25) is 0 Å². The van der Waals surface area contributed by atoms with Crippen molar-refractivity contribution in [2.45, 2.75) is 33.4 Å². The fraction of sp³-hybridized carbons (Fsp3) is 0.364. The summed E-state index contributed by atoms with van der Waals surface area (Å²) >= 11 is 0. The van der Waals surface area contributed by atoms with Crippen molar-refractivity contribution in [2.75, 3.05) is 20.3 Å². The van der Waals surface area contributed by atoms with Gasteiger partial charge in [0.1, 0.15) is 24.8 Å². The Hall–Kier alpha value is -2.86. The molecule has 3 rings (SSSR count). The lowest BCUT2D eigenvalue weighted by Crippen LogP contribution is -2.31. The molecule has 3 aromatic rings. The standard InChI is InChI=1S/C22H27N3O3/c1-15-9-10-16(2)20(13-15)28-12-11-25-19-8-6-5-7-18(19)24-22(25)17(3)23-21(26)14-27-4/h5-10,13,17H,11-12,14H2,1-4H3,(H,23,26). The van der Waals surface area contributed by atoms with E-state index < -0.39 is 0 Å². The van der Waals surface area contributed by atoms with E-state index in [0.29, 0.717) is 13.2 Å². The Morgan fingerprint density at radius 1 is 1.21 bits per heavy atom. The van der Waals surface area contributed by atoms with E-state index in [2.05, 4.69) is 35.0 Å². The van der Waals surface area contributed by atoms with E-state index >= 15 is 0 Å². The number of methoxy groups -OCH3 is 1. The van der Waals surface area contributed by atoms with E-state index in [0.717, 1.165) is 28.2 Å². The molecule has 28 heavy (non-hydrogen) atoms. The predicted molar refractivity (Wildman–Crippen MR) is 110 cm³/mol. The summed E-state index contributed by atoms with van der Waals surface area (Å²) < 4.78 is 13.1. The number of para-hydroxylation sites is 2. The molecular formula is C22H27N3O3. The highest BCUT2D eigenvalue weighted by Crippen LogP contribution is 2.22. The number of nitrogens with zero attached hydrogens (tertiary/aromatic N) is 2. The largest absolute Gasteiger partial charge is 0.491 e. The second kappa shape index (κ2) is 8.89. The van der Waals surface area contributed by atoms with Crippen molar-refractivity contribution in [1.29, 1.82) is 0 Å². The van der Waals surface area contributed by atoms with E-state index in [1.807, 2.05) is 38.1 Å². The summed E-state index contributed by atoms with van der Waals surface area (Å²) in [7, 11) is 1.50. The number of carbonyl (C=O) groups excluding carboxylic acids is 1. The number of imidazole rings is 1. The molecule has 2 aromatic carbocycles. The highest BCUT2D eigenvalue weighted by Gasteiger charge is 2.18. The summed E-state index contributed by atoms with van der Waals surface area (Å²) in [5.74, 6) is 1.53. The molecule has 148 valence electrons. The van der Waals surface area contributed by atoms with Crippen molar-refractivity contribution in [3.05, 3.63) is 59.4 Å². The van der Waals surface area contributed by atoms with E-state index in [4.69, 9.17) is 14.5 Å². The van der Waals surface area contributed by atoms with Crippen molar-refractivity contribution < 1.29 is 14.3 Å². The smallest absolute Gasteiger partial charge is 0.246 e. The number of rotatable bonds is 8. The molecule has 0 radical (unpaired) electrons. The third-order valence-corrected chi connectivity index (χ3v) is 4.64. The Labute approximate surface area is 165 Å². The Kier molecular flexibility index (Phi) is 6.31. The Balaban J connectivity index is 1.80. The number of aryl methyl sites for hydroxylation is 2. The summed E-state index contributed by atoms with van der Waals surface area (Å²) in [6.07, 6.45) is 0. The maximum atomic E-state index is 11.9. The first-order valence-corrected chi connectivity index (χ1v) is 9.43. The molecule has 0 saturated carbocycles. The van der Waals surface area contributed by atoms with E-state index in [1.165, 1.54) is 12.7 Å². The Morgan fingerprint density at radius 2 is 2.00 bits per heavy atom. The van der Waals surface area contributed by atoms with Crippen LogP contribution >= 0.6 is 0 Å². The fourth-order valence-corrected chi connectivity index (χ4v) is 3.25. The minimum atomic E-state index is -0.240. The number of carbonyl (C=O) groups is 1. The Morgan fingerprint density at radius 3 is 2.79 bits per heavy atom. The zero-order valence-electron chi connectivity index (χ0n) is 16.9. The Bertz CT molecular complexity index is 965. The molecule has 1 unspecified atom stereocenters. The molecule has 1 aromatic heterocycles. The van der Waals surface area contributed by atoms with Crippen LogP contribution in [-0.4, -0.2) is 35.8 Å². The van der Waals surface area contributed by atoms with Gasteiger partial charge >= 0.3 is 0 Å². The number of aromatic nitrogens is 2. The molecule has 6 heteroatoms. The van der Waals surface area contributed by atoms with Gasteiger partial charge in [0.25, 0.3) is 0 Å². The lowest BCUT2D eigenvalue weighted by molar-refractivity contribution is -0.125. The first-order chi connectivity index (χ1) is 13.5. The molecule has 0 spiro atoms. The number of hydrogen-bond donors (Lipinski definition) is 1. The summed E-state index contributed by atoms with van der Waals surface area (Å²) in [6.45, 7) is 7.19. The first-order valence-electron chi connectivity index (χ1n) is 9.43. The van der Waals surface area contributed by atoms with Crippen LogP contribution in [0.4, 0.5) is 0 Å². The number of ether oxygens (including phenoxy) is 2. The monoisotopic (exact) mass is 381 g/mol. The summed E-state index contributed by atoms with van der Waals surface area (Å²) in [6, 6.07) is 13.9. The average Bonchev–Trinajstić information content (AvgIpc) is 3.04. The second-order valence-electron chi connectivity index (χ2n) is 6.95. The summed E-state index contributed by atoms with van der Waals surface area (Å²) in [4.78, 5) is 16.7. The molecule has 0 bridgehead atoms. The maximum Gasteiger partial charge on any atom is 0.246 e. The summed E-state index contributed by atoms with van der Waals surface area (Å²) in [5, 5.41) is 2.94. The molecule has 1 atom stereocenters. The van der Waals surface area contributed by atoms with Gasteiger partial charge in [0.2, 0.25) is 5.91 Å². The molecule has 0 saturated heterocycles. The topological polar surface area (TPSA) is 65.4 Å². The minimum Gasteiger partial charge on any atom is -0.491 e. The van der Waals surface area contributed by atoms with E-state index in [1.54, 1.807) is 0 Å².